The van der Waals surface area contributed by atoms with E-state index in [-0.39, 0.29) is 16.3 Å². The van der Waals surface area contributed by atoms with Gasteiger partial charge in [0, 0.05) is 38.8 Å². The number of nitrogens with zero attached hydrogens (tertiary/aromatic N) is 3. The molecule has 0 amide bonds. The molecule has 0 saturated carbocycles. The number of ether oxygens (including phenoxy) is 1. The van der Waals surface area contributed by atoms with Gasteiger partial charge in [0.1, 0.15) is 10.6 Å². The maximum atomic E-state index is 13.0. The molecule has 0 spiro atoms. The Morgan fingerprint density at radius 2 is 1.82 bits per heavy atom. The summed E-state index contributed by atoms with van der Waals surface area (Å²) in [6, 6.07) is 11.8. The van der Waals surface area contributed by atoms with Gasteiger partial charge in [-0.15, -0.1) is 0 Å². The quantitative estimate of drug-likeness (QED) is 0.541. The van der Waals surface area contributed by atoms with E-state index in [1.807, 2.05) is 19.1 Å². The van der Waals surface area contributed by atoms with Gasteiger partial charge in [0.2, 0.25) is 10.0 Å². The fourth-order valence-corrected chi connectivity index (χ4v) is 4.88. The van der Waals surface area contributed by atoms with Crippen LogP contribution < -0.4 is 4.74 Å². The molecule has 1 fully saturated rings. The zero-order valence-corrected chi connectivity index (χ0v) is 16.7. The average Bonchev–Trinajstić information content (AvgIpc) is 2.68. The molecule has 1 aliphatic heterocycles. The average molecular weight is 405 g/mol. The summed E-state index contributed by atoms with van der Waals surface area (Å²) in [6.45, 7) is 4.76. The van der Waals surface area contributed by atoms with Crippen LogP contribution in [0.2, 0.25) is 0 Å². The Bertz CT molecular complexity index is 969. The lowest BCUT2D eigenvalue weighted by molar-refractivity contribution is -0.385. The Kier molecular flexibility index (Phi) is 5.97. The summed E-state index contributed by atoms with van der Waals surface area (Å²) in [4.78, 5) is 12.5. The first-order chi connectivity index (χ1) is 13.3. The van der Waals surface area contributed by atoms with Gasteiger partial charge in [-0.25, -0.2) is 8.42 Å². The van der Waals surface area contributed by atoms with Crippen LogP contribution in [-0.2, 0) is 16.6 Å². The summed E-state index contributed by atoms with van der Waals surface area (Å²) < 4.78 is 32.5. The van der Waals surface area contributed by atoms with E-state index in [4.69, 9.17) is 4.74 Å². The number of hydrogen-bond acceptors (Lipinski definition) is 6. The highest BCUT2D eigenvalue weighted by molar-refractivity contribution is 7.89. The number of aryl methyl sites for hydroxylation is 1. The normalized spacial score (nSPS) is 16.1. The Labute approximate surface area is 164 Å². The molecule has 0 unspecified atom stereocenters. The van der Waals surface area contributed by atoms with Crippen molar-refractivity contribution in [3.05, 3.63) is 63.7 Å². The van der Waals surface area contributed by atoms with Gasteiger partial charge in [-0.2, -0.15) is 4.31 Å². The van der Waals surface area contributed by atoms with E-state index < -0.39 is 14.9 Å². The second kappa shape index (κ2) is 8.26. The molecule has 0 aromatic heterocycles. The van der Waals surface area contributed by atoms with Crippen molar-refractivity contribution in [1.82, 2.24) is 9.21 Å². The number of nitro benzene ring substituents is 1. The van der Waals surface area contributed by atoms with Crippen LogP contribution in [0.3, 0.4) is 0 Å². The second-order valence-electron chi connectivity index (χ2n) is 6.76. The molecule has 1 saturated heterocycles. The molecular formula is C19H23N3O5S. The summed E-state index contributed by atoms with van der Waals surface area (Å²) in [6.07, 6.45) is 0. The van der Waals surface area contributed by atoms with Gasteiger partial charge >= 0.3 is 0 Å². The third-order valence-corrected chi connectivity index (χ3v) is 6.73. The molecule has 0 atom stereocenters. The van der Waals surface area contributed by atoms with Crippen LogP contribution in [0.4, 0.5) is 5.69 Å². The number of sulfonamides is 1. The number of non-ortho nitro benzene ring substituents is 1. The van der Waals surface area contributed by atoms with Crippen molar-refractivity contribution in [3.63, 3.8) is 0 Å². The SMILES string of the molecule is COc1cc([N+](=O)[O-])ccc1S(=O)(=O)N1CCN(Cc2cccc(C)c2)CC1. The minimum absolute atomic E-state index is 0.0172. The van der Waals surface area contributed by atoms with Crippen molar-refractivity contribution < 1.29 is 18.1 Å². The van der Waals surface area contributed by atoms with Crippen LogP contribution >= 0.6 is 0 Å². The molecular weight excluding hydrogens is 382 g/mol. The smallest absolute Gasteiger partial charge is 0.273 e. The Morgan fingerprint density at radius 1 is 1.11 bits per heavy atom. The lowest BCUT2D eigenvalue weighted by Crippen LogP contribution is -2.48. The van der Waals surface area contributed by atoms with Gasteiger partial charge in [-0.1, -0.05) is 29.8 Å². The zero-order valence-electron chi connectivity index (χ0n) is 15.9. The van der Waals surface area contributed by atoms with Crippen LogP contribution in [0.15, 0.2) is 47.4 Å². The largest absolute Gasteiger partial charge is 0.495 e. The van der Waals surface area contributed by atoms with E-state index in [9.17, 15) is 18.5 Å². The van der Waals surface area contributed by atoms with Gasteiger partial charge in [-0.05, 0) is 18.6 Å². The highest BCUT2D eigenvalue weighted by Gasteiger charge is 2.31. The maximum Gasteiger partial charge on any atom is 0.273 e. The fraction of sp³-hybridized carbons (Fsp3) is 0.368. The summed E-state index contributed by atoms with van der Waals surface area (Å²) >= 11 is 0. The number of hydrogen-bond donors (Lipinski definition) is 0. The van der Waals surface area contributed by atoms with Gasteiger partial charge in [0.05, 0.1) is 18.1 Å². The fourth-order valence-electron chi connectivity index (χ4n) is 3.32. The number of methoxy groups -OCH3 is 1. The molecule has 28 heavy (non-hydrogen) atoms. The molecule has 9 heteroatoms. The molecule has 8 nitrogen and oxygen atoms in total. The summed E-state index contributed by atoms with van der Waals surface area (Å²) in [5, 5.41) is 10.9. The summed E-state index contributed by atoms with van der Waals surface area (Å²) in [7, 11) is -2.49. The Balaban J connectivity index is 1.72. The van der Waals surface area contributed by atoms with Gasteiger partial charge in [0.15, 0.2) is 0 Å². The van der Waals surface area contributed by atoms with Gasteiger partial charge in [0.25, 0.3) is 5.69 Å². The number of benzene rings is 2. The molecule has 2 aromatic carbocycles. The molecule has 0 radical (unpaired) electrons. The topological polar surface area (TPSA) is 93.0 Å². The Hall–Kier alpha value is -2.49. The molecule has 2 aromatic rings. The number of piperazine rings is 1. The third kappa shape index (κ3) is 4.32. The number of rotatable bonds is 6. The van der Waals surface area contributed by atoms with Crippen molar-refractivity contribution in [2.45, 2.75) is 18.4 Å². The van der Waals surface area contributed by atoms with Crippen molar-refractivity contribution in [1.29, 1.82) is 0 Å². The van der Waals surface area contributed by atoms with E-state index in [1.165, 1.54) is 34.7 Å². The van der Waals surface area contributed by atoms with Crippen molar-refractivity contribution in [2.24, 2.45) is 0 Å². The third-order valence-electron chi connectivity index (χ3n) is 4.80. The standard InChI is InChI=1S/C19H23N3O5S/c1-15-4-3-5-16(12-15)14-20-8-10-21(11-9-20)28(25,26)19-7-6-17(22(23)24)13-18(19)27-2/h3-7,12-13H,8-11,14H2,1-2H3. The molecule has 1 heterocycles. The van der Waals surface area contributed by atoms with Crippen LogP contribution in [0.1, 0.15) is 11.1 Å². The minimum Gasteiger partial charge on any atom is -0.495 e. The molecule has 1 aliphatic rings. The highest BCUT2D eigenvalue weighted by atomic mass is 32.2. The molecule has 0 N–H and O–H groups in total. The molecule has 150 valence electrons. The van der Waals surface area contributed by atoms with Crippen molar-refractivity contribution in [3.8, 4) is 5.75 Å². The van der Waals surface area contributed by atoms with Crippen LogP contribution in [0, 0.1) is 17.0 Å². The van der Waals surface area contributed by atoms with Gasteiger partial charge < -0.3 is 4.74 Å². The van der Waals surface area contributed by atoms with E-state index >= 15 is 0 Å². The number of nitro groups is 1. The predicted octanol–water partition coefficient (Wildman–Crippen LogP) is 2.42. The second-order valence-corrected chi connectivity index (χ2v) is 8.67. The first-order valence-corrected chi connectivity index (χ1v) is 10.4. The monoisotopic (exact) mass is 405 g/mol. The lowest BCUT2D eigenvalue weighted by Gasteiger charge is -2.34. The van der Waals surface area contributed by atoms with Gasteiger partial charge in [-0.3, -0.25) is 15.0 Å². The van der Waals surface area contributed by atoms with E-state index in [2.05, 4.69) is 17.0 Å². The lowest BCUT2D eigenvalue weighted by atomic mass is 10.1. The van der Waals surface area contributed by atoms with E-state index in [0.29, 0.717) is 26.2 Å². The molecule has 0 bridgehead atoms. The van der Waals surface area contributed by atoms with Crippen LogP contribution in [0.5, 0.6) is 5.75 Å². The van der Waals surface area contributed by atoms with Crippen molar-refractivity contribution >= 4 is 15.7 Å². The van der Waals surface area contributed by atoms with Crippen LogP contribution in [0.25, 0.3) is 0 Å². The molecule has 3 rings (SSSR count). The first-order valence-electron chi connectivity index (χ1n) is 8.92. The van der Waals surface area contributed by atoms with E-state index in [1.54, 1.807) is 0 Å². The van der Waals surface area contributed by atoms with Crippen LogP contribution in [-0.4, -0.2) is 55.8 Å². The highest BCUT2D eigenvalue weighted by Crippen LogP contribution is 2.31. The summed E-state index contributed by atoms with van der Waals surface area (Å²) in [5.74, 6) is -0.0172. The van der Waals surface area contributed by atoms with E-state index in [0.717, 1.165) is 12.6 Å². The minimum atomic E-state index is -3.79. The summed E-state index contributed by atoms with van der Waals surface area (Å²) in [5.41, 5.74) is 2.19. The maximum absolute atomic E-state index is 13.0. The van der Waals surface area contributed by atoms with Crippen molar-refractivity contribution in [2.75, 3.05) is 33.3 Å². The zero-order chi connectivity index (χ0) is 20.3. The first kappa shape index (κ1) is 20.2. The Morgan fingerprint density at radius 3 is 2.43 bits per heavy atom. The predicted molar refractivity (Wildman–Crippen MR) is 105 cm³/mol. The molecule has 0 aliphatic carbocycles.